The van der Waals surface area contributed by atoms with Crippen LogP contribution >= 0.6 is 0 Å². The maximum absolute atomic E-state index is 11.6. The Balaban J connectivity index is 2.65. The van der Waals surface area contributed by atoms with E-state index in [9.17, 15) is 13.2 Å². The van der Waals surface area contributed by atoms with Crippen LogP contribution in [0.25, 0.3) is 0 Å². The molecule has 1 aromatic carbocycles. The minimum atomic E-state index is -3.48. The number of hydrogen-bond donors (Lipinski definition) is 2. The third kappa shape index (κ3) is 5.71. The predicted octanol–water partition coefficient (Wildman–Crippen LogP) is 0.396. The molecule has 0 saturated carbocycles. The zero-order valence-corrected chi connectivity index (χ0v) is 11.7. The third-order valence-electron chi connectivity index (χ3n) is 2.22. The Morgan fingerprint density at radius 3 is 2.74 bits per heavy atom. The number of ether oxygens (including phenoxy) is 1. The molecule has 0 aliphatic heterocycles. The van der Waals surface area contributed by atoms with Crippen LogP contribution in [0, 0.1) is 0 Å². The van der Waals surface area contributed by atoms with Gasteiger partial charge in [-0.25, -0.2) is 8.42 Å². The Kier molecular flexibility index (Phi) is 5.31. The normalized spacial score (nSPS) is 12.8. The van der Waals surface area contributed by atoms with E-state index in [-0.39, 0.29) is 5.75 Å². The molecule has 1 unspecified atom stereocenters. The fourth-order valence-electron chi connectivity index (χ4n) is 1.56. The van der Waals surface area contributed by atoms with Gasteiger partial charge in [0.05, 0.1) is 12.9 Å². The molecule has 106 valence electrons. The first-order valence-electron chi connectivity index (χ1n) is 5.72. The van der Waals surface area contributed by atoms with Crippen molar-refractivity contribution in [2.75, 3.05) is 23.9 Å². The first-order chi connectivity index (χ1) is 8.82. The van der Waals surface area contributed by atoms with Gasteiger partial charge in [0.25, 0.3) is 0 Å². The Morgan fingerprint density at radius 1 is 1.47 bits per heavy atom. The van der Waals surface area contributed by atoms with E-state index in [1.54, 1.807) is 31.2 Å². The molecule has 0 aliphatic carbocycles. The fourth-order valence-corrected chi connectivity index (χ4v) is 2.95. The minimum absolute atomic E-state index is 0.210. The van der Waals surface area contributed by atoms with E-state index < -0.39 is 27.5 Å². The Labute approximate surface area is 112 Å². The van der Waals surface area contributed by atoms with E-state index in [2.05, 4.69) is 5.32 Å². The molecular weight excluding hydrogens is 268 g/mol. The van der Waals surface area contributed by atoms with Gasteiger partial charge in [-0.1, -0.05) is 6.07 Å². The Morgan fingerprint density at radius 2 is 2.16 bits per heavy atom. The number of carbonyl (C=O) groups is 1. The molecule has 3 N–H and O–H groups in total. The second-order valence-electron chi connectivity index (χ2n) is 4.31. The summed E-state index contributed by atoms with van der Waals surface area (Å²) in [5.74, 6) is -0.797. The van der Waals surface area contributed by atoms with Gasteiger partial charge in [-0.3, -0.25) is 4.79 Å². The van der Waals surface area contributed by atoms with Gasteiger partial charge in [-0.05, 0) is 19.1 Å². The highest BCUT2D eigenvalue weighted by Gasteiger charge is 2.18. The molecule has 1 amide bonds. The summed E-state index contributed by atoms with van der Waals surface area (Å²) in [6.07, 6.45) is 0. The second kappa shape index (κ2) is 6.53. The number of nitrogens with one attached hydrogen (secondary N) is 1. The van der Waals surface area contributed by atoms with Crippen LogP contribution in [0.3, 0.4) is 0 Å². The average Bonchev–Trinajstić information content (AvgIpc) is 2.26. The maximum Gasteiger partial charge on any atom is 0.239 e. The van der Waals surface area contributed by atoms with Crippen molar-refractivity contribution in [1.29, 1.82) is 0 Å². The van der Waals surface area contributed by atoms with Gasteiger partial charge in [-0.2, -0.15) is 0 Å². The summed E-state index contributed by atoms with van der Waals surface area (Å²) in [6, 6.07) is 6.19. The van der Waals surface area contributed by atoms with E-state index in [0.717, 1.165) is 0 Å². The van der Waals surface area contributed by atoms with Gasteiger partial charge in [0, 0.05) is 17.8 Å². The molecular formula is C12H18N2O4S. The maximum atomic E-state index is 11.6. The van der Waals surface area contributed by atoms with Crippen LogP contribution in [0.4, 0.5) is 5.69 Å². The smallest absolute Gasteiger partial charge is 0.239 e. The topological polar surface area (TPSA) is 98.5 Å². The van der Waals surface area contributed by atoms with E-state index >= 15 is 0 Å². The molecule has 1 aromatic rings. The summed E-state index contributed by atoms with van der Waals surface area (Å²) >= 11 is 0. The molecule has 19 heavy (non-hydrogen) atoms. The van der Waals surface area contributed by atoms with Crippen LogP contribution in [0.5, 0.6) is 5.75 Å². The van der Waals surface area contributed by atoms with Crippen molar-refractivity contribution in [3.63, 3.8) is 0 Å². The number of rotatable bonds is 6. The number of nitrogens with two attached hydrogens (primary N) is 1. The zero-order chi connectivity index (χ0) is 14.5. The lowest BCUT2D eigenvalue weighted by atomic mass is 10.3. The molecule has 0 aromatic heterocycles. The molecule has 0 spiro atoms. The standard InChI is InChI=1S/C12H18N2O4S/c1-9(13)7-19(16,17)8-12(15)14-10-4-3-5-11(6-10)18-2/h3-6,9H,7-8,13H2,1-2H3,(H,14,15). The molecule has 0 fully saturated rings. The molecule has 7 heteroatoms. The summed E-state index contributed by atoms with van der Waals surface area (Å²) in [4.78, 5) is 11.6. The van der Waals surface area contributed by atoms with Crippen LogP contribution in [0.2, 0.25) is 0 Å². The largest absolute Gasteiger partial charge is 0.497 e. The summed E-state index contributed by atoms with van der Waals surface area (Å²) in [7, 11) is -1.98. The summed E-state index contributed by atoms with van der Waals surface area (Å²) in [5, 5.41) is 2.51. The number of hydrogen-bond acceptors (Lipinski definition) is 5. The van der Waals surface area contributed by atoms with Gasteiger partial charge in [0.1, 0.15) is 11.5 Å². The van der Waals surface area contributed by atoms with Gasteiger partial charge in [0.15, 0.2) is 9.84 Å². The minimum Gasteiger partial charge on any atom is -0.497 e. The first kappa shape index (κ1) is 15.5. The number of amides is 1. The first-order valence-corrected chi connectivity index (χ1v) is 7.54. The number of methoxy groups -OCH3 is 1. The zero-order valence-electron chi connectivity index (χ0n) is 10.9. The number of carbonyl (C=O) groups excluding carboxylic acids is 1. The SMILES string of the molecule is COc1cccc(NC(=O)CS(=O)(=O)CC(C)N)c1. The van der Waals surface area contributed by atoms with Crippen molar-refractivity contribution in [2.24, 2.45) is 5.73 Å². The van der Waals surface area contributed by atoms with Crippen molar-refractivity contribution < 1.29 is 17.9 Å². The van der Waals surface area contributed by atoms with Crippen LogP contribution in [0.1, 0.15) is 6.92 Å². The molecule has 0 saturated heterocycles. The van der Waals surface area contributed by atoms with E-state index in [1.165, 1.54) is 7.11 Å². The Bertz CT molecular complexity index is 540. The lowest BCUT2D eigenvalue weighted by molar-refractivity contribution is -0.113. The van der Waals surface area contributed by atoms with Crippen molar-refractivity contribution in [2.45, 2.75) is 13.0 Å². The van der Waals surface area contributed by atoms with Gasteiger partial charge < -0.3 is 15.8 Å². The van der Waals surface area contributed by atoms with Gasteiger partial charge in [0.2, 0.25) is 5.91 Å². The van der Waals surface area contributed by atoms with Crippen LogP contribution in [0.15, 0.2) is 24.3 Å². The highest BCUT2D eigenvalue weighted by Crippen LogP contribution is 2.16. The number of sulfone groups is 1. The number of benzene rings is 1. The van der Waals surface area contributed by atoms with Crippen LogP contribution in [-0.4, -0.2) is 39.0 Å². The summed E-state index contributed by atoms with van der Waals surface area (Å²) in [5.41, 5.74) is 5.90. The Hall–Kier alpha value is -1.60. The molecule has 0 heterocycles. The van der Waals surface area contributed by atoms with Crippen molar-refractivity contribution in [1.82, 2.24) is 0 Å². The predicted molar refractivity (Wildman–Crippen MR) is 73.9 cm³/mol. The molecule has 0 aliphatic rings. The molecule has 0 radical (unpaired) electrons. The van der Waals surface area contributed by atoms with Crippen LogP contribution < -0.4 is 15.8 Å². The highest BCUT2D eigenvalue weighted by molar-refractivity contribution is 7.92. The lowest BCUT2D eigenvalue weighted by Crippen LogP contribution is -2.32. The quantitative estimate of drug-likeness (QED) is 0.788. The molecule has 0 bridgehead atoms. The third-order valence-corrected chi connectivity index (χ3v) is 3.96. The van der Waals surface area contributed by atoms with Crippen molar-refractivity contribution in [3.8, 4) is 5.75 Å². The van der Waals surface area contributed by atoms with E-state index in [1.807, 2.05) is 0 Å². The van der Waals surface area contributed by atoms with Gasteiger partial charge in [-0.15, -0.1) is 0 Å². The van der Waals surface area contributed by atoms with E-state index in [4.69, 9.17) is 10.5 Å². The molecule has 1 atom stereocenters. The summed E-state index contributed by atoms with van der Waals surface area (Å²) < 4.78 is 28.2. The van der Waals surface area contributed by atoms with Crippen LogP contribution in [-0.2, 0) is 14.6 Å². The van der Waals surface area contributed by atoms with E-state index in [0.29, 0.717) is 11.4 Å². The van der Waals surface area contributed by atoms with Crippen molar-refractivity contribution in [3.05, 3.63) is 24.3 Å². The molecule has 6 nitrogen and oxygen atoms in total. The second-order valence-corrected chi connectivity index (χ2v) is 6.42. The lowest BCUT2D eigenvalue weighted by Gasteiger charge is -2.09. The fraction of sp³-hybridized carbons (Fsp3) is 0.417. The highest BCUT2D eigenvalue weighted by atomic mass is 32.2. The summed E-state index contributed by atoms with van der Waals surface area (Å²) in [6.45, 7) is 1.58. The van der Waals surface area contributed by atoms with Crippen molar-refractivity contribution >= 4 is 21.4 Å². The number of anilines is 1. The molecule has 1 rings (SSSR count). The van der Waals surface area contributed by atoms with Gasteiger partial charge >= 0.3 is 0 Å². The average molecular weight is 286 g/mol. The monoisotopic (exact) mass is 286 g/mol.